The second-order valence-corrected chi connectivity index (χ2v) is 9.17. The van der Waals surface area contributed by atoms with Gasteiger partial charge in [-0.3, -0.25) is 9.10 Å². The number of methoxy groups -OCH3 is 1. The number of para-hydroxylation sites is 2. The molecule has 162 valence electrons. The number of anilines is 1. The molecule has 6 nitrogen and oxygen atoms in total. The fourth-order valence-electron chi connectivity index (χ4n) is 3.32. The topological polar surface area (TPSA) is 75.7 Å². The highest BCUT2D eigenvalue weighted by Gasteiger charge is 2.25. The maximum Gasteiger partial charge on any atom is 0.241 e. The summed E-state index contributed by atoms with van der Waals surface area (Å²) in [6, 6.07) is 23.8. The molecule has 0 bridgehead atoms. The van der Waals surface area contributed by atoms with Gasteiger partial charge in [0.1, 0.15) is 12.3 Å². The summed E-state index contributed by atoms with van der Waals surface area (Å²) in [4.78, 5) is 13.0. The molecule has 3 aromatic rings. The van der Waals surface area contributed by atoms with Crippen LogP contribution in [0.1, 0.15) is 22.7 Å². The summed E-state index contributed by atoms with van der Waals surface area (Å²) in [5.41, 5.74) is 3.24. The van der Waals surface area contributed by atoms with Crippen LogP contribution in [-0.4, -0.2) is 34.2 Å². The molecule has 0 aliphatic rings. The molecule has 0 saturated carbocycles. The molecule has 3 aromatic carbocycles. The Bertz CT molecular complexity index is 1130. The summed E-state index contributed by atoms with van der Waals surface area (Å²) in [6.45, 7) is 1.63. The van der Waals surface area contributed by atoms with Gasteiger partial charge in [-0.1, -0.05) is 72.3 Å². The minimum atomic E-state index is -3.72. The van der Waals surface area contributed by atoms with Crippen molar-refractivity contribution in [3.63, 3.8) is 0 Å². The number of amides is 1. The van der Waals surface area contributed by atoms with E-state index in [2.05, 4.69) is 5.32 Å². The molecule has 31 heavy (non-hydrogen) atoms. The average Bonchev–Trinajstić information content (AvgIpc) is 2.76. The maximum absolute atomic E-state index is 13.0. The third-order valence-corrected chi connectivity index (χ3v) is 6.02. The van der Waals surface area contributed by atoms with Gasteiger partial charge in [-0.2, -0.15) is 0 Å². The molecule has 0 aromatic heterocycles. The molecule has 1 amide bonds. The van der Waals surface area contributed by atoms with Crippen LogP contribution < -0.4 is 14.4 Å². The van der Waals surface area contributed by atoms with E-state index in [0.29, 0.717) is 11.4 Å². The van der Waals surface area contributed by atoms with Gasteiger partial charge in [-0.05, 0) is 30.2 Å². The standard InChI is InChI=1S/C24H26N2O4S/c1-18-13-15-20(16-14-18)24(19-9-5-4-6-10-19)25-23(27)17-26(31(3,28)29)21-11-7-8-12-22(21)30-2/h4-16,24H,17H2,1-3H3,(H,25,27). The summed E-state index contributed by atoms with van der Waals surface area (Å²) in [5, 5.41) is 2.99. The van der Waals surface area contributed by atoms with Gasteiger partial charge in [0.2, 0.25) is 15.9 Å². The number of aryl methyl sites for hydroxylation is 1. The molecule has 1 atom stereocenters. The quantitative estimate of drug-likeness (QED) is 0.582. The SMILES string of the molecule is COc1ccccc1N(CC(=O)NC(c1ccccc1)c1ccc(C)cc1)S(C)(=O)=O. The molecule has 0 aliphatic heterocycles. The van der Waals surface area contributed by atoms with Crippen LogP contribution in [0.25, 0.3) is 0 Å². The van der Waals surface area contributed by atoms with E-state index in [9.17, 15) is 13.2 Å². The van der Waals surface area contributed by atoms with Gasteiger partial charge in [-0.25, -0.2) is 8.42 Å². The normalized spacial score (nSPS) is 12.1. The van der Waals surface area contributed by atoms with Crippen molar-refractivity contribution in [2.45, 2.75) is 13.0 Å². The number of sulfonamides is 1. The van der Waals surface area contributed by atoms with Crippen molar-refractivity contribution in [1.29, 1.82) is 0 Å². The molecular weight excluding hydrogens is 412 g/mol. The first-order valence-corrected chi connectivity index (χ1v) is 11.7. The van der Waals surface area contributed by atoms with Crippen LogP contribution in [0.5, 0.6) is 5.75 Å². The van der Waals surface area contributed by atoms with Crippen molar-refractivity contribution in [3.8, 4) is 5.75 Å². The lowest BCUT2D eigenvalue weighted by Crippen LogP contribution is -2.42. The Morgan fingerprint density at radius 1 is 0.935 bits per heavy atom. The van der Waals surface area contributed by atoms with E-state index in [1.165, 1.54) is 7.11 Å². The minimum absolute atomic E-state index is 0.314. The van der Waals surface area contributed by atoms with Gasteiger partial charge in [0.25, 0.3) is 0 Å². The van der Waals surface area contributed by atoms with Crippen molar-refractivity contribution >= 4 is 21.6 Å². The highest BCUT2D eigenvalue weighted by molar-refractivity contribution is 7.92. The van der Waals surface area contributed by atoms with E-state index in [1.807, 2.05) is 61.5 Å². The number of rotatable bonds is 8. The Balaban J connectivity index is 1.91. The van der Waals surface area contributed by atoms with Gasteiger partial charge in [0.15, 0.2) is 0 Å². The highest BCUT2D eigenvalue weighted by Crippen LogP contribution is 2.29. The van der Waals surface area contributed by atoms with E-state index in [-0.39, 0.29) is 6.54 Å². The van der Waals surface area contributed by atoms with E-state index in [1.54, 1.807) is 24.3 Å². The zero-order valence-corrected chi connectivity index (χ0v) is 18.6. The number of carbonyl (C=O) groups is 1. The lowest BCUT2D eigenvalue weighted by Gasteiger charge is -2.26. The first-order chi connectivity index (χ1) is 14.8. The third kappa shape index (κ3) is 5.64. The van der Waals surface area contributed by atoms with E-state index >= 15 is 0 Å². The maximum atomic E-state index is 13.0. The van der Waals surface area contributed by atoms with Crippen LogP contribution in [0.3, 0.4) is 0 Å². The number of hydrogen-bond acceptors (Lipinski definition) is 4. The van der Waals surface area contributed by atoms with E-state index < -0.39 is 22.0 Å². The molecule has 0 saturated heterocycles. The van der Waals surface area contributed by atoms with Crippen LogP contribution in [-0.2, 0) is 14.8 Å². The predicted molar refractivity (Wildman–Crippen MR) is 123 cm³/mol. The Hall–Kier alpha value is -3.32. The van der Waals surface area contributed by atoms with Crippen molar-refractivity contribution in [3.05, 3.63) is 95.6 Å². The Morgan fingerprint density at radius 3 is 2.13 bits per heavy atom. The van der Waals surface area contributed by atoms with Crippen LogP contribution in [0.4, 0.5) is 5.69 Å². The van der Waals surface area contributed by atoms with Gasteiger partial charge in [0.05, 0.1) is 25.1 Å². The highest BCUT2D eigenvalue weighted by atomic mass is 32.2. The molecule has 7 heteroatoms. The number of carbonyl (C=O) groups excluding carboxylic acids is 1. The van der Waals surface area contributed by atoms with Crippen LogP contribution in [0, 0.1) is 6.92 Å². The Labute approximate surface area is 183 Å². The molecule has 0 spiro atoms. The molecule has 0 fully saturated rings. The number of nitrogens with one attached hydrogen (secondary N) is 1. The number of benzene rings is 3. The number of hydrogen-bond donors (Lipinski definition) is 1. The molecule has 0 radical (unpaired) electrons. The van der Waals surface area contributed by atoms with Crippen LogP contribution in [0.2, 0.25) is 0 Å². The average molecular weight is 439 g/mol. The van der Waals surface area contributed by atoms with Gasteiger partial charge < -0.3 is 10.1 Å². The molecule has 0 heterocycles. The second-order valence-electron chi connectivity index (χ2n) is 7.26. The summed E-state index contributed by atoms with van der Waals surface area (Å²) < 4.78 is 31.3. The first kappa shape index (κ1) is 22.4. The number of nitrogens with zero attached hydrogens (tertiary/aromatic N) is 1. The van der Waals surface area contributed by atoms with E-state index in [4.69, 9.17) is 4.74 Å². The van der Waals surface area contributed by atoms with Crippen molar-refractivity contribution in [2.75, 3.05) is 24.2 Å². The van der Waals surface area contributed by atoms with Crippen molar-refractivity contribution in [2.24, 2.45) is 0 Å². The molecule has 1 unspecified atom stereocenters. The zero-order valence-electron chi connectivity index (χ0n) is 17.8. The monoisotopic (exact) mass is 438 g/mol. The van der Waals surface area contributed by atoms with Crippen LogP contribution >= 0.6 is 0 Å². The van der Waals surface area contributed by atoms with Crippen LogP contribution in [0.15, 0.2) is 78.9 Å². The predicted octanol–water partition coefficient (Wildman–Crippen LogP) is 3.68. The number of ether oxygens (including phenoxy) is 1. The second kappa shape index (κ2) is 9.66. The van der Waals surface area contributed by atoms with Gasteiger partial charge >= 0.3 is 0 Å². The largest absolute Gasteiger partial charge is 0.495 e. The summed E-state index contributed by atoms with van der Waals surface area (Å²) in [6.07, 6.45) is 1.07. The summed E-state index contributed by atoms with van der Waals surface area (Å²) in [5.74, 6) is -0.0513. The van der Waals surface area contributed by atoms with Crippen molar-refractivity contribution < 1.29 is 17.9 Å². The Morgan fingerprint density at radius 2 is 1.52 bits per heavy atom. The molecule has 1 N–H and O–H groups in total. The lowest BCUT2D eigenvalue weighted by molar-refractivity contribution is -0.120. The van der Waals surface area contributed by atoms with Gasteiger partial charge in [-0.15, -0.1) is 0 Å². The fourth-order valence-corrected chi connectivity index (χ4v) is 4.18. The molecule has 3 rings (SSSR count). The summed E-state index contributed by atoms with van der Waals surface area (Å²) in [7, 11) is -2.26. The first-order valence-electron chi connectivity index (χ1n) is 9.81. The lowest BCUT2D eigenvalue weighted by atomic mass is 9.98. The third-order valence-electron chi connectivity index (χ3n) is 4.89. The zero-order chi connectivity index (χ0) is 22.4. The summed E-state index contributed by atoms with van der Waals surface area (Å²) >= 11 is 0. The molecule has 0 aliphatic carbocycles. The Kier molecular flexibility index (Phi) is 6.97. The smallest absolute Gasteiger partial charge is 0.241 e. The fraction of sp³-hybridized carbons (Fsp3) is 0.208. The van der Waals surface area contributed by atoms with Gasteiger partial charge in [0, 0.05) is 0 Å². The minimum Gasteiger partial charge on any atom is -0.495 e. The molecular formula is C24H26N2O4S. The van der Waals surface area contributed by atoms with Crippen molar-refractivity contribution in [1.82, 2.24) is 5.32 Å². The van der Waals surface area contributed by atoms with E-state index in [0.717, 1.165) is 27.3 Å².